The number of hydrogen-bond donors (Lipinski definition) is 3. The van der Waals surface area contributed by atoms with Crippen molar-refractivity contribution in [1.29, 1.82) is 0 Å². The van der Waals surface area contributed by atoms with Gasteiger partial charge in [0, 0.05) is 10.5 Å². The zero-order valence-corrected chi connectivity index (χ0v) is 18.5. The highest BCUT2D eigenvalue weighted by Gasteiger charge is 2.46. The van der Waals surface area contributed by atoms with Gasteiger partial charge in [0.1, 0.15) is 35.5 Å². The van der Waals surface area contributed by atoms with E-state index in [-0.39, 0.29) is 11.3 Å². The number of benzene rings is 2. The monoisotopic (exact) mass is 481 g/mol. The molecule has 0 aliphatic carbocycles. The minimum absolute atomic E-state index is 0.0117. The summed E-state index contributed by atoms with van der Waals surface area (Å²) in [5.74, 6) is -4.36. The van der Waals surface area contributed by atoms with E-state index >= 15 is 0 Å². The van der Waals surface area contributed by atoms with Crippen LogP contribution < -0.4 is 0 Å². The van der Waals surface area contributed by atoms with Gasteiger partial charge < -0.3 is 20.1 Å². The smallest absolute Gasteiger partial charge is 0.194 e. The van der Waals surface area contributed by atoms with E-state index in [9.17, 15) is 28.5 Å². The zero-order valence-electron chi connectivity index (χ0n) is 17.7. The summed E-state index contributed by atoms with van der Waals surface area (Å²) in [6.45, 7) is 3.42. The molecule has 0 spiro atoms. The van der Waals surface area contributed by atoms with Gasteiger partial charge in [-0.15, -0.1) is 5.10 Å². The minimum atomic E-state index is -1.60. The fourth-order valence-electron chi connectivity index (χ4n) is 3.66. The summed E-state index contributed by atoms with van der Waals surface area (Å²) in [7, 11) is 0. The number of aliphatic hydroxyl groups excluding tert-OH is 3. The first-order valence-electron chi connectivity index (χ1n) is 10.1. The fourth-order valence-corrected chi connectivity index (χ4v) is 4.82. The summed E-state index contributed by atoms with van der Waals surface area (Å²) >= 11 is 1.23. The van der Waals surface area contributed by atoms with Gasteiger partial charge in [-0.1, -0.05) is 23.0 Å². The fraction of sp³-hybridized carbons (Fsp3) is 0.364. The Labute approximate surface area is 191 Å². The van der Waals surface area contributed by atoms with Gasteiger partial charge in [0.15, 0.2) is 17.5 Å². The Morgan fingerprint density at radius 3 is 2.36 bits per heavy atom. The van der Waals surface area contributed by atoms with Gasteiger partial charge in [0.2, 0.25) is 0 Å². The number of nitrogens with zero attached hydrogens (tertiary/aromatic N) is 3. The van der Waals surface area contributed by atoms with E-state index in [0.717, 1.165) is 32.8 Å². The number of ether oxygens (including phenoxy) is 1. The third-order valence-corrected chi connectivity index (χ3v) is 6.82. The van der Waals surface area contributed by atoms with Crippen molar-refractivity contribution >= 4 is 11.8 Å². The number of aliphatic hydroxyl groups is 3. The van der Waals surface area contributed by atoms with E-state index in [1.807, 2.05) is 32.0 Å². The van der Waals surface area contributed by atoms with E-state index in [2.05, 4.69) is 10.3 Å². The Kier molecular flexibility index (Phi) is 6.78. The summed E-state index contributed by atoms with van der Waals surface area (Å²) in [4.78, 5) is 0.825. The molecule has 2 unspecified atom stereocenters. The molecule has 1 aliphatic rings. The molecule has 7 nitrogen and oxygen atoms in total. The van der Waals surface area contributed by atoms with Crippen LogP contribution in [0, 0.1) is 31.3 Å². The molecular formula is C22H22F3N3O4S. The average molecular weight is 481 g/mol. The van der Waals surface area contributed by atoms with Gasteiger partial charge in [0.05, 0.1) is 12.8 Å². The van der Waals surface area contributed by atoms with Crippen LogP contribution in [0.3, 0.4) is 0 Å². The molecule has 1 aliphatic heterocycles. The van der Waals surface area contributed by atoms with Crippen molar-refractivity contribution in [1.82, 2.24) is 15.0 Å². The van der Waals surface area contributed by atoms with Gasteiger partial charge in [-0.25, -0.2) is 17.9 Å². The Bertz CT molecular complexity index is 1140. The van der Waals surface area contributed by atoms with Crippen molar-refractivity contribution < 1.29 is 33.2 Å². The molecular weight excluding hydrogens is 459 g/mol. The first-order chi connectivity index (χ1) is 15.7. The zero-order chi connectivity index (χ0) is 23.9. The second kappa shape index (κ2) is 9.43. The Morgan fingerprint density at radius 2 is 1.73 bits per heavy atom. The molecule has 3 aromatic rings. The van der Waals surface area contributed by atoms with Crippen LogP contribution in [0.15, 0.2) is 41.4 Å². The van der Waals surface area contributed by atoms with Crippen LogP contribution in [-0.4, -0.2) is 60.7 Å². The van der Waals surface area contributed by atoms with Gasteiger partial charge >= 0.3 is 0 Å². The van der Waals surface area contributed by atoms with E-state index in [1.54, 1.807) is 0 Å². The van der Waals surface area contributed by atoms with E-state index in [0.29, 0.717) is 0 Å². The summed E-state index contributed by atoms with van der Waals surface area (Å²) in [6.07, 6.45) is -2.36. The molecule has 1 saturated heterocycles. The van der Waals surface area contributed by atoms with Crippen LogP contribution in [0.4, 0.5) is 13.2 Å². The largest absolute Gasteiger partial charge is 0.394 e. The SMILES string of the molecule is Cc1ccc(S[C@H]2OC(CO)[C@H](O)[C@H](n3cc(-c4cc(F)c(F)c(F)c4)nn3)C2O)cc1C. The molecule has 11 heteroatoms. The molecule has 33 heavy (non-hydrogen) atoms. The number of halogens is 3. The summed E-state index contributed by atoms with van der Waals surface area (Å²) in [5.41, 5.74) is 1.26. The first-order valence-corrected chi connectivity index (χ1v) is 11.0. The quantitative estimate of drug-likeness (QED) is 0.482. The lowest BCUT2D eigenvalue weighted by Gasteiger charge is -2.41. The van der Waals surface area contributed by atoms with Crippen molar-refractivity contribution in [3.05, 3.63) is 65.1 Å². The van der Waals surface area contributed by atoms with Crippen molar-refractivity contribution in [3.8, 4) is 11.3 Å². The molecule has 0 amide bonds. The van der Waals surface area contributed by atoms with Gasteiger partial charge in [-0.2, -0.15) is 0 Å². The number of rotatable bonds is 5. The highest BCUT2D eigenvalue weighted by Crippen LogP contribution is 2.38. The topological polar surface area (TPSA) is 101 Å². The maximum atomic E-state index is 13.6. The van der Waals surface area contributed by atoms with E-state index < -0.39 is 53.8 Å². The lowest BCUT2D eigenvalue weighted by atomic mass is 9.97. The highest BCUT2D eigenvalue weighted by molar-refractivity contribution is 7.99. The van der Waals surface area contributed by atoms with Crippen molar-refractivity contribution in [2.24, 2.45) is 0 Å². The van der Waals surface area contributed by atoms with Gasteiger partial charge in [-0.3, -0.25) is 0 Å². The number of hydrogen-bond acceptors (Lipinski definition) is 7. The van der Waals surface area contributed by atoms with Crippen LogP contribution in [0.2, 0.25) is 0 Å². The second-order valence-electron chi connectivity index (χ2n) is 7.90. The molecule has 1 fully saturated rings. The van der Waals surface area contributed by atoms with Crippen LogP contribution in [0.5, 0.6) is 0 Å². The molecule has 2 aromatic carbocycles. The van der Waals surface area contributed by atoms with Crippen molar-refractivity contribution in [2.45, 2.75) is 48.5 Å². The lowest BCUT2D eigenvalue weighted by molar-refractivity contribution is -0.178. The van der Waals surface area contributed by atoms with Gasteiger partial charge in [0.25, 0.3) is 0 Å². The molecule has 1 aromatic heterocycles. The van der Waals surface area contributed by atoms with Crippen LogP contribution >= 0.6 is 11.8 Å². The predicted octanol–water partition coefficient (Wildman–Crippen LogP) is 2.75. The standard InChI is InChI=1S/C22H22F3N3O4S/c1-10-3-4-13(5-11(10)2)33-22-21(31)19(20(30)17(9-29)32-22)28-8-16(26-27-28)12-6-14(23)18(25)15(24)7-12/h3-8,17,19-22,29-31H,9H2,1-2H3/t17?,19-,20-,21?,22+/m0/s1. The second-order valence-corrected chi connectivity index (χ2v) is 9.07. The summed E-state index contributed by atoms with van der Waals surface area (Å²) in [6, 6.07) is 6.23. The van der Waals surface area contributed by atoms with Gasteiger partial charge in [-0.05, 0) is 49.2 Å². The number of aryl methyl sites for hydroxylation is 2. The van der Waals surface area contributed by atoms with E-state index in [1.165, 1.54) is 18.0 Å². The molecule has 5 atom stereocenters. The number of thioether (sulfide) groups is 1. The number of aromatic nitrogens is 3. The first kappa shape index (κ1) is 23.7. The lowest BCUT2D eigenvalue weighted by Crippen LogP contribution is -2.55. The highest BCUT2D eigenvalue weighted by atomic mass is 32.2. The summed E-state index contributed by atoms with van der Waals surface area (Å²) < 4.78 is 47.4. The maximum absolute atomic E-state index is 13.6. The Morgan fingerprint density at radius 1 is 1.03 bits per heavy atom. The molecule has 0 radical (unpaired) electrons. The maximum Gasteiger partial charge on any atom is 0.194 e. The molecule has 4 rings (SSSR count). The Balaban J connectivity index is 1.63. The molecule has 3 N–H and O–H groups in total. The molecule has 2 heterocycles. The van der Waals surface area contributed by atoms with Crippen LogP contribution in [-0.2, 0) is 4.74 Å². The average Bonchev–Trinajstić information content (AvgIpc) is 3.26. The minimum Gasteiger partial charge on any atom is -0.394 e. The molecule has 0 saturated carbocycles. The predicted molar refractivity (Wildman–Crippen MR) is 114 cm³/mol. The van der Waals surface area contributed by atoms with Crippen LogP contribution in [0.1, 0.15) is 17.2 Å². The Hall–Kier alpha value is -2.44. The molecule has 0 bridgehead atoms. The van der Waals surface area contributed by atoms with Crippen molar-refractivity contribution in [2.75, 3.05) is 6.61 Å². The molecule has 176 valence electrons. The van der Waals surface area contributed by atoms with E-state index in [4.69, 9.17) is 4.74 Å². The normalized spacial score (nSPS) is 25.4. The third kappa shape index (κ3) is 4.64. The summed E-state index contributed by atoms with van der Waals surface area (Å²) in [5, 5.41) is 39.2. The van der Waals surface area contributed by atoms with Crippen LogP contribution in [0.25, 0.3) is 11.3 Å². The third-order valence-electron chi connectivity index (χ3n) is 5.67. The van der Waals surface area contributed by atoms with Crippen molar-refractivity contribution in [3.63, 3.8) is 0 Å².